The summed E-state index contributed by atoms with van der Waals surface area (Å²) in [5.41, 5.74) is 3.91. The average molecular weight is 433 g/mol. The molecule has 1 saturated carbocycles. The lowest BCUT2D eigenvalue weighted by atomic mass is 10.0. The molecule has 164 valence electrons. The highest BCUT2D eigenvalue weighted by Gasteiger charge is 2.31. The lowest BCUT2D eigenvalue weighted by Gasteiger charge is -2.21. The Balaban J connectivity index is 1.40. The van der Waals surface area contributed by atoms with Crippen molar-refractivity contribution in [3.05, 3.63) is 30.6 Å². The van der Waals surface area contributed by atoms with Crippen molar-refractivity contribution in [3.8, 4) is 22.9 Å². The maximum Gasteiger partial charge on any atom is 0.262 e. The molecular weight excluding hydrogens is 410 g/mol. The van der Waals surface area contributed by atoms with E-state index in [1.165, 1.54) is 0 Å². The number of amides is 2. The molecule has 9 heteroatoms. The standard InChI is InChI=1S/C23H23N5O4/c1-12(14-7-20(29)24-9-14)32-23-22-18(25-11-28(22)15-3-4-15)8-17(27-23)13-2-5-16-19(6-13)31-10-21(30)26-16/h2,5-6,8,11-12,14-15H,3-4,7,9-10H2,1H3,(H,24,29)(H,26,30). The summed E-state index contributed by atoms with van der Waals surface area (Å²) in [6, 6.07) is 7.96. The fourth-order valence-corrected chi connectivity index (χ4v) is 4.35. The third-order valence-corrected chi connectivity index (χ3v) is 6.34. The van der Waals surface area contributed by atoms with Crippen molar-refractivity contribution in [1.29, 1.82) is 0 Å². The van der Waals surface area contributed by atoms with Gasteiger partial charge in [-0.15, -0.1) is 0 Å². The molecule has 1 aromatic carbocycles. The van der Waals surface area contributed by atoms with Crippen LogP contribution in [0.15, 0.2) is 30.6 Å². The number of carbonyl (C=O) groups excluding carboxylic acids is 2. The normalized spacial score (nSPS) is 21.0. The number of imidazole rings is 1. The van der Waals surface area contributed by atoms with Gasteiger partial charge in [-0.1, -0.05) is 6.07 Å². The molecule has 1 saturated heterocycles. The van der Waals surface area contributed by atoms with E-state index < -0.39 is 0 Å². The highest BCUT2D eigenvalue weighted by Crippen LogP contribution is 2.41. The summed E-state index contributed by atoms with van der Waals surface area (Å²) in [6.07, 6.45) is 4.38. The van der Waals surface area contributed by atoms with Crippen LogP contribution in [0.2, 0.25) is 0 Å². The molecule has 6 rings (SSSR count). The Morgan fingerprint density at radius 2 is 2.09 bits per heavy atom. The molecule has 1 aliphatic carbocycles. The summed E-state index contributed by atoms with van der Waals surface area (Å²) in [6.45, 7) is 2.59. The zero-order valence-corrected chi connectivity index (χ0v) is 17.6. The van der Waals surface area contributed by atoms with Gasteiger partial charge in [-0.05, 0) is 38.0 Å². The molecule has 2 unspecified atom stereocenters. The third-order valence-electron chi connectivity index (χ3n) is 6.34. The Morgan fingerprint density at radius 3 is 2.88 bits per heavy atom. The van der Waals surface area contributed by atoms with Crippen LogP contribution >= 0.6 is 0 Å². The molecule has 2 N–H and O–H groups in total. The highest BCUT2D eigenvalue weighted by molar-refractivity contribution is 5.96. The number of rotatable bonds is 5. The van der Waals surface area contributed by atoms with Crippen LogP contribution in [0.4, 0.5) is 5.69 Å². The van der Waals surface area contributed by atoms with Crippen molar-refractivity contribution >= 4 is 28.5 Å². The van der Waals surface area contributed by atoms with Crippen LogP contribution in [0.25, 0.3) is 22.3 Å². The Labute approximate surface area is 184 Å². The monoisotopic (exact) mass is 433 g/mol. The molecule has 2 amide bonds. The molecule has 2 fully saturated rings. The van der Waals surface area contributed by atoms with Gasteiger partial charge in [0.15, 0.2) is 6.61 Å². The maximum atomic E-state index is 11.7. The number of benzene rings is 1. The zero-order chi connectivity index (χ0) is 21.8. The van der Waals surface area contributed by atoms with Crippen molar-refractivity contribution in [2.45, 2.75) is 38.3 Å². The van der Waals surface area contributed by atoms with Crippen molar-refractivity contribution in [1.82, 2.24) is 19.9 Å². The molecule has 2 atom stereocenters. The zero-order valence-electron chi connectivity index (χ0n) is 17.6. The molecule has 0 radical (unpaired) electrons. The van der Waals surface area contributed by atoms with Gasteiger partial charge in [-0.25, -0.2) is 9.97 Å². The Hall–Kier alpha value is -3.62. The molecule has 0 bridgehead atoms. The van der Waals surface area contributed by atoms with Crippen LogP contribution < -0.4 is 20.1 Å². The first-order valence-corrected chi connectivity index (χ1v) is 10.9. The van der Waals surface area contributed by atoms with E-state index in [4.69, 9.17) is 14.5 Å². The number of nitrogens with one attached hydrogen (secondary N) is 2. The fourth-order valence-electron chi connectivity index (χ4n) is 4.35. The van der Waals surface area contributed by atoms with E-state index in [1.54, 1.807) is 0 Å². The Morgan fingerprint density at radius 1 is 1.22 bits per heavy atom. The number of anilines is 1. The van der Waals surface area contributed by atoms with Crippen LogP contribution in [-0.4, -0.2) is 45.6 Å². The molecule has 0 spiro atoms. The Kier molecular flexibility index (Phi) is 4.31. The molecule has 3 aliphatic rings. The molecule has 2 aliphatic heterocycles. The van der Waals surface area contributed by atoms with Gasteiger partial charge in [0.25, 0.3) is 5.91 Å². The number of ether oxygens (including phenoxy) is 2. The number of aromatic nitrogens is 3. The third kappa shape index (κ3) is 3.34. The van der Waals surface area contributed by atoms with Gasteiger partial charge in [0.1, 0.15) is 17.4 Å². The molecule has 32 heavy (non-hydrogen) atoms. The SMILES string of the molecule is CC(Oc1nc(-c2ccc3c(c2)OCC(=O)N3)cc2ncn(C3CC3)c12)C1CNC(=O)C1. The predicted octanol–water partition coefficient (Wildman–Crippen LogP) is 2.67. The summed E-state index contributed by atoms with van der Waals surface area (Å²) < 4.78 is 14.1. The predicted molar refractivity (Wildman–Crippen MR) is 117 cm³/mol. The Bertz CT molecular complexity index is 1250. The quantitative estimate of drug-likeness (QED) is 0.641. The van der Waals surface area contributed by atoms with Crippen molar-refractivity contribution < 1.29 is 19.1 Å². The summed E-state index contributed by atoms with van der Waals surface area (Å²) in [5.74, 6) is 1.13. The van der Waals surface area contributed by atoms with Gasteiger partial charge in [-0.3, -0.25) is 9.59 Å². The number of hydrogen-bond donors (Lipinski definition) is 2. The van der Waals surface area contributed by atoms with Crippen LogP contribution in [0.5, 0.6) is 11.6 Å². The summed E-state index contributed by atoms with van der Waals surface area (Å²) >= 11 is 0. The largest absolute Gasteiger partial charge is 0.482 e. The van der Waals surface area contributed by atoms with Crippen molar-refractivity contribution in [2.75, 3.05) is 18.5 Å². The molecular formula is C23H23N5O4. The van der Waals surface area contributed by atoms with E-state index in [-0.39, 0.29) is 30.4 Å². The molecule has 3 aromatic rings. The van der Waals surface area contributed by atoms with E-state index in [0.29, 0.717) is 42.0 Å². The van der Waals surface area contributed by atoms with E-state index in [2.05, 4.69) is 20.2 Å². The van der Waals surface area contributed by atoms with Crippen LogP contribution in [0, 0.1) is 5.92 Å². The van der Waals surface area contributed by atoms with Crippen molar-refractivity contribution in [2.24, 2.45) is 5.92 Å². The number of carbonyl (C=O) groups is 2. The lowest BCUT2D eigenvalue weighted by Crippen LogP contribution is -2.26. The molecule has 4 heterocycles. The second-order valence-corrected chi connectivity index (χ2v) is 8.70. The van der Waals surface area contributed by atoms with Crippen LogP contribution in [-0.2, 0) is 9.59 Å². The highest BCUT2D eigenvalue weighted by atomic mass is 16.5. The second kappa shape index (κ2) is 7.22. The number of fused-ring (bicyclic) bond motifs is 2. The molecule has 2 aromatic heterocycles. The minimum absolute atomic E-state index is 0.00523. The first-order valence-electron chi connectivity index (χ1n) is 10.9. The first kappa shape index (κ1) is 19.1. The van der Waals surface area contributed by atoms with Gasteiger partial charge in [0.05, 0.1) is 23.2 Å². The summed E-state index contributed by atoms with van der Waals surface area (Å²) in [4.78, 5) is 32.7. The number of nitrogens with zero attached hydrogens (tertiary/aromatic N) is 3. The molecule has 9 nitrogen and oxygen atoms in total. The number of pyridine rings is 1. The minimum Gasteiger partial charge on any atom is -0.482 e. The van der Waals surface area contributed by atoms with Gasteiger partial charge < -0.3 is 24.7 Å². The van der Waals surface area contributed by atoms with E-state index >= 15 is 0 Å². The fraction of sp³-hybridized carbons (Fsp3) is 0.391. The lowest BCUT2D eigenvalue weighted by molar-refractivity contribution is -0.120. The van der Waals surface area contributed by atoms with E-state index in [9.17, 15) is 9.59 Å². The summed E-state index contributed by atoms with van der Waals surface area (Å²) in [7, 11) is 0. The van der Waals surface area contributed by atoms with Gasteiger partial charge in [0.2, 0.25) is 11.8 Å². The first-order chi connectivity index (χ1) is 15.5. The van der Waals surface area contributed by atoms with E-state index in [1.807, 2.05) is 37.5 Å². The minimum atomic E-state index is -0.176. The average Bonchev–Trinajstić information content (AvgIpc) is 3.39. The maximum absolute atomic E-state index is 11.7. The number of hydrogen-bond acceptors (Lipinski definition) is 6. The topological polar surface area (TPSA) is 107 Å². The van der Waals surface area contributed by atoms with Crippen molar-refractivity contribution in [3.63, 3.8) is 0 Å². The second-order valence-electron chi connectivity index (χ2n) is 8.70. The smallest absolute Gasteiger partial charge is 0.262 e. The van der Waals surface area contributed by atoms with Gasteiger partial charge in [0, 0.05) is 30.5 Å². The van der Waals surface area contributed by atoms with Crippen LogP contribution in [0.3, 0.4) is 0 Å². The van der Waals surface area contributed by atoms with Crippen LogP contribution in [0.1, 0.15) is 32.2 Å². The summed E-state index contributed by atoms with van der Waals surface area (Å²) in [5, 5.41) is 5.68. The van der Waals surface area contributed by atoms with Gasteiger partial charge >= 0.3 is 0 Å². The van der Waals surface area contributed by atoms with Gasteiger partial charge in [-0.2, -0.15) is 0 Å². The van der Waals surface area contributed by atoms with E-state index in [0.717, 1.165) is 29.4 Å².